The van der Waals surface area contributed by atoms with E-state index in [4.69, 9.17) is 9.47 Å². The minimum atomic E-state index is -0.411. The van der Waals surface area contributed by atoms with E-state index in [1.807, 2.05) is 19.1 Å². The van der Waals surface area contributed by atoms with Gasteiger partial charge in [0.25, 0.3) is 5.56 Å². The lowest BCUT2D eigenvalue weighted by atomic mass is 10.1. The van der Waals surface area contributed by atoms with Gasteiger partial charge < -0.3 is 9.47 Å². The molecule has 138 valence electrons. The molecule has 0 aromatic carbocycles. The second-order valence-electron chi connectivity index (χ2n) is 6.83. The van der Waals surface area contributed by atoms with E-state index >= 15 is 0 Å². The summed E-state index contributed by atoms with van der Waals surface area (Å²) in [7, 11) is 0. The Kier molecular flexibility index (Phi) is 3.96. The number of ether oxygens (including phenoxy) is 2. The molecule has 0 spiro atoms. The van der Waals surface area contributed by atoms with Crippen LogP contribution in [0.4, 0.5) is 0 Å². The van der Waals surface area contributed by atoms with Crippen molar-refractivity contribution in [3.8, 4) is 0 Å². The molecule has 1 fully saturated rings. The van der Waals surface area contributed by atoms with Crippen LogP contribution in [0.25, 0.3) is 5.65 Å². The van der Waals surface area contributed by atoms with Crippen molar-refractivity contribution in [2.45, 2.75) is 25.9 Å². The zero-order valence-electron chi connectivity index (χ0n) is 14.9. The van der Waals surface area contributed by atoms with Crippen LogP contribution in [-0.4, -0.2) is 43.9 Å². The Balaban J connectivity index is 1.48. The highest BCUT2D eigenvalue weighted by Gasteiger charge is 2.36. The molecule has 2 aliphatic rings. The van der Waals surface area contributed by atoms with Crippen molar-refractivity contribution in [3.63, 3.8) is 0 Å². The molecule has 0 aliphatic carbocycles. The Morgan fingerprint density at radius 3 is 3.04 bits per heavy atom. The molecule has 0 saturated carbocycles. The van der Waals surface area contributed by atoms with E-state index in [0.29, 0.717) is 43.2 Å². The zero-order chi connectivity index (χ0) is 18.4. The van der Waals surface area contributed by atoms with Gasteiger partial charge in [-0.3, -0.25) is 19.1 Å². The summed E-state index contributed by atoms with van der Waals surface area (Å²) >= 11 is 0. The van der Waals surface area contributed by atoms with Gasteiger partial charge in [-0.25, -0.2) is 9.97 Å². The molecular formula is C19H19N5O3. The molecule has 3 aromatic rings. The zero-order valence-corrected chi connectivity index (χ0v) is 14.9. The smallest absolute Gasteiger partial charge is 0.266 e. The highest BCUT2D eigenvalue weighted by atomic mass is 16.5. The molecule has 5 rings (SSSR count). The van der Waals surface area contributed by atoms with Crippen LogP contribution in [0.3, 0.4) is 0 Å². The summed E-state index contributed by atoms with van der Waals surface area (Å²) in [6.07, 6.45) is 4.44. The largest absolute Gasteiger partial charge is 0.371 e. The minimum absolute atomic E-state index is 0.0778. The SMILES string of the molecule is Cc1cc(C2CN(C3OCc4nc5ccncn5c(=O)c43)CCO2)ccn1. The second-order valence-corrected chi connectivity index (χ2v) is 6.83. The number of aromatic nitrogens is 4. The number of pyridine rings is 1. The van der Waals surface area contributed by atoms with Crippen LogP contribution in [0.1, 0.15) is 34.8 Å². The third-order valence-corrected chi connectivity index (χ3v) is 5.10. The van der Waals surface area contributed by atoms with E-state index in [2.05, 4.69) is 19.9 Å². The quantitative estimate of drug-likeness (QED) is 0.679. The maximum Gasteiger partial charge on any atom is 0.266 e. The molecular weight excluding hydrogens is 346 g/mol. The number of rotatable bonds is 2. The first-order valence-corrected chi connectivity index (χ1v) is 8.95. The summed E-state index contributed by atoms with van der Waals surface area (Å²) < 4.78 is 13.4. The van der Waals surface area contributed by atoms with Crippen LogP contribution in [0.2, 0.25) is 0 Å². The first-order valence-electron chi connectivity index (χ1n) is 8.95. The predicted molar refractivity (Wildman–Crippen MR) is 96.0 cm³/mol. The van der Waals surface area contributed by atoms with Crippen molar-refractivity contribution in [3.05, 3.63) is 69.8 Å². The highest BCUT2D eigenvalue weighted by molar-refractivity contribution is 5.40. The van der Waals surface area contributed by atoms with Crippen molar-refractivity contribution in [2.75, 3.05) is 19.7 Å². The van der Waals surface area contributed by atoms with Crippen molar-refractivity contribution < 1.29 is 9.47 Å². The Hall–Kier alpha value is -2.68. The molecule has 2 atom stereocenters. The van der Waals surface area contributed by atoms with Crippen LogP contribution in [0.5, 0.6) is 0 Å². The van der Waals surface area contributed by atoms with Gasteiger partial charge in [-0.1, -0.05) is 0 Å². The molecule has 0 radical (unpaired) electrons. The minimum Gasteiger partial charge on any atom is -0.371 e. The van der Waals surface area contributed by atoms with E-state index < -0.39 is 6.23 Å². The van der Waals surface area contributed by atoms with Gasteiger partial charge in [-0.05, 0) is 30.7 Å². The van der Waals surface area contributed by atoms with Gasteiger partial charge in [0.05, 0.1) is 30.6 Å². The number of morpholine rings is 1. The van der Waals surface area contributed by atoms with E-state index in [1.54, 1.807) is 18.5 Å². The molecule has 8 heteroatoms. The molecule has 1 saturated heterocycles. The van der Waals surface area contributed by atoms with Crippen LogP contribution in [0, 0.1) is 6.92 Å². The standard InChI is InChI=1S/C19H19N5O3/c1-12-8-13(2-5-21-12)15-9-23(6-7-26-15)19-17-14(10-27-19)22-16-3-4-20-11-24(16)18(17)25/h2-5,8,11,15,19H,6-7,9-10H2,1H3. The molecule has 2 unspecified atom stereocenters. The Bertz CT molecular complexity index is 1070. The van der Waals surface area contributed by atoms with Crippen LogP contribution in [-0.2, 0) is 16.1 Å². The molecule has 3 aromatic heterocycles. The third kappa shape index (κ3) is 2.82. The maximum atomic E-state index is 13.0. The van der Waals surface area contributed by atoms with Crippen LogP contribution in [0.15, 0.2) is 41.7 Å². The molecule has 0 N–H and O–H groups in total. The van der Waals surface area contributed by atoms with Crippen molar-refractivity contribution in [1.82, 2.24) is 24.3 Å². The second kappa shape index (κ2) is 6.49. The first kappa shape index (κ1) is 16.5. The number of nitrogens with zero attached hydrogens (tertiary/aromatic N) is 5. The summed E-state index contributed by atoms with van der Waals surface area (Å²) in [5.41, 5.74) is 3.82. The number of hydrogen-bond donors (Lipinski definition) is 0. The lowest BCUT2D eigenvalue weighted by molar-refractivity contribution is -0.118. The van der Waals surface area contributed by atoms with Gasteiger partial charge >= 0.3 is 0 Å². The number of fused-ring (bicyclic) bond motifs is 2. The van der Waals surface area contributed by atoms with Gasteiger partial charge in [0.2, 0.25) is 0 Å². The summed E-state index contributed by atoms with van der Waals surface area (Å²) in [6.45, 7) is 4.21. The Morgan fingerprint density at radius 1 is 1.22 bits per heavy atom. The van der Waals surface area contributed by atoms with E-state index in [-0.39, 0.29) is 11.7 Å². The summed E-state index contributed by atoms with van der Waals surface area (Å²) in [5.74, 6) is 0. The maximum absolute atomic E-state index is 13.0. The van der Waals surface area contributed by atoms with Gasteiger partial charge in [-0.2, -0.15) is 0 Å². The van der Waals surface area contributed by atoms with E-state index in [1.165, 1.54) is 10.7 Å². The van der Waals surface area contributed by atoms with Crippen molar-refractivity contribution in [2.24, 2.45) is 0 Å². The fourth-order valence-electron chi connectivity index (χ4n) is 3.79. The lowest BCUT2D eigenvalue weighted by Crippen LogP contribution is -2.42. The monoisotopic (exact) mass is 365 g/mol. The predicted octanol–water partition coefficient (Wildman–Crippen LogP) is 1.40. The topological polar surface area (TPSA) is 81.8 Å². The Morgan fingerprint density at radius 2 is 2.15 bits per heavy atom. The van der Waals surface area contributed by atoms with Crippen molar-refractivity contribution >= 4 is 5.65 Å². The highest BCUT2D eigenvalue weighted by Crippen LogP contribution is 2.34. The molecule has 27 heavy (non-hydrogen) atoms. The van der Waals surface area contributed by atoms with Crippen molar-refractivity contribution in [1.29, 1.82) is 0 Å². The number of aryl methyl sites for hydroxylation is 1. The summed E-state index contributed by atoms with van der Waals surface area (Å²) in [4.78, 5) is 28.0. The lowest BCUT2D eigenvalue weighted by Gasteiger charge is -2.36. The average Bonchev–Trinajstić information content (AvgIpc) is 3.12. The normalized spacial score (nSPS) is 22.9. The fourth-order valence-corrected chi connectivity index (χ4v) is 3.79. The molecule has 8 nitrogen and oxygen atoms in total. The Labute approximate surface area is 155 Å². The van der Waals surface area contributed by atoms with Gasteiger partial charge in [-0.15, -0.1) is 0 Å². The fraction of sp³-hybridized carbons (Fsp3) is 0.368. The third-order valence-electron chi connectivity index (χ3n) is 5.10. The molecule has 5 heterocycles. The first-order chi connectivity index (χ1) is 13.2. The molecule has 0 bridgehead atoms. The van der Waals surface area contributed by atoms with Gasteiger partial charge in [0.15, 0.2) is 0 Å². The van der Waals surface area contributed by atoms with Gasteiger partial charge in [0.1, 0.15) is 18.2 Å². The van der Waals surface area contributed by atoms with Crippen LogP contribution >= 0.6 is 0 Å². The number of hydrogen-bond acceptors (Lipinski definition) is 7. The molecule has 2 aliphatic heterocycles. The summed E-state index contributed by atoms with van der Waals surface area (Å²) in [5, 5.41) is 0. The van der Waals surface area contributed by atoms with Gasteiger partial charge in [0, 0.05) is 31.2 Å². The molecule has 0 amide bonds. The van der Waals surface area contributed by atoms with E-state index in [0.717, 1.165) is 11.3 Å². The summed E-state index contributed by atoms with van der Waals surface area (Å²) in [6, 6.07) is 5.74. The average molecular weight is 365 g/mol. The van der Waals surface area contributed by atoms with Crippen LogP contribution < -0.4 is 5.56 Å². The van der Waals surface area contributed by atoms with E-state index in [9.17, 15) is 4.79 Å².